The molecule has 4 heteroatoms. The second kappa shape index (κ2) is 6.05. The number of Topliss-reactive ketones (excluding diaryl/α,β-unsaturated/α-hetero) is 1. The van der Waals surface area contributed by atoms with Crippen LogP contribution in [-0.2, 0) is 4.74 Å². The standard InChI is InChI=1S/C16H18BrIO2/c17-14-4-3-12(18)9-13(14)15(19)11-5-8-20-16(10-11)6-1-2-7-16/h3-4,9,11H,1-2,5-8,10H2. The van der Waals surface area contributed by atoms with Crippen molar-refractivity contribution in [3.8, 4) is 0 Å². The van der Waals surface area contributed by atoms with Crippen molar-refractivity contribution in [1.29, 1.82) is 0 Å². The summed E-state index contributed by atoms with van der Waals surface area (Å²) < 4.78 is 8.05. The Bertz CT molecular complexity index is 523. The van der Waals surface area contributed by atoms with E-state index >= 15 is 0 Å². The van der Waals surface area contributed by atoms with E-state index in [2.05, 4.69) is 38.5 Å². The predicted octanol–water partition coefficient (Wildman–Crippen LogP) is 4.98. The first-order valence-electron chi connectivity index (χ1n) is 7.23. The van der Waals surface area contributed by atoms with Gasteiger partial charge < -0.3 is 4.74 Å². The fourth-order valence-corrected chi connectivity index (χ4v) is 4.46. The van der Waals surface area contributed by atoms with Crippen molar-refractivity contribution in [2.75, 3.05) is 6.61 Å². The Kier molecular flexibility index (Phi) is 4.53. The van der Waals surface area contributed by atoms with Crippen molar-refractivity contribution in [1.82, 2.24) is 0 Å². The summed E-state index contributed by atoms with van der Waals surface area (Å²) in [5.74, 6) is 0.404. The highest BCUT2D eigenvalue weighted by Gasteiger charge is 2.42. The molecule has 0 bridgehead atoms. The molecule has 0 aromatic heterocycles. The molecule has 3 rings (SSSR count). The Hall–Kier alpha value is 0.0600. The molecule has 1 unspecified atom stereocenters. The van der Waals surface area contributed by atoms with Gasteiger partial charge in [0.1, 0.15) is 0 Å². The number of benzene rings is 1. The van der Waals surface area contributed by atoms with Crippen LogP contribution >= 0.6 is 38.5 Å². The Morgan fingerprint density at radius 2 is 2.10 bits per heavy atom. The van der Waals surface area contributed by atoms with Crippen LogP contribution in [0.25, 0.3) is 0 Å². The molecule has 1 aromatic rings. The predicted molar refractivity (Wildman–Crippen MR) is 91.1 cm³/mol. The maximum atomic E-state index is 12.8. The minimum Gasteiger partial charge on any atom is -0.375 e. The maximum Gasteiger partial charge on any atom is 0.167 e. The first kappa shape index (κ1) is 15.0. The van der Waals surface area contributed by atoms with E-state index in [0.29, 0.717) is 0 Å². The number of rotatable bonds is 2. The van der Waals surface area contributed by atoms with E-state index in [1.54, 1.807) is 0 Å². The molecule has 20 heavy (non-hydrogen) atoms. The number of carbonyl (C=O) groups is 1. The highest BCUT2D eigenvalue weighted by atomic mass is 127. The van der Waals surface area contributed by atoms with E-state index < -0.39 is 0 Å². The van der Waals surface area contributed by atoms with Gasteiger partial charge >= 0.3 is 0 Å². The third kappa shape index (κ3) is 2.97. The van der Waals surface area contributed by atoms with Crippen molar-refractivity contribution < 1.29 is 9.53 Å². The molecule has 1 saturated carbocycles. The Morgan fingerprint density at radius 1 is 1.35 bits per heavy atom. The number of ether oxygens (including phenoxy) is 1. The van der Waals surface area contributed by atoms with Crippen LogP contribution in [-0.4, -0.2) is 18.0 Å². The molecule has 1 saturated heterocycles. The molecule has 1 atom stereocenters. The Morgan fingerprint density at radius 3 is 2.85 bits per heavy atom. The average Bonchev–Trinajstić information content (AvgIpc) is 2.88. The van der Waals surface area contributed by atoms with Crippen LogP contribution in [0.4, 0.5) is 0 Å². The van der Waals surface area contributed by atoms with Gasteiger partial charge in [0.2, 0.25) is 0 Å². The van der Waals surface area contributed by atoms with Crippen molar-refractivity contribution in [2.24, 2.45) is 5.92 Å². The van der Waals surface area contributed by atoms with Gasteiger partial charge in [-0.05, 0) is 66.5 Å². The highest BCUT2D eigenvalue weighted by Crippen LogP contribution is 2.43. The lowest BCUT2D eigenvalue weighted by Crippen LogP contribution is -2.39. The molecule has 2 nitrogen and oxygen atoms in total. The normalized spacial score (nSPS) is 25.0. The monoisotopic (exact) mass is 448 g/mol. The molecule has 108 valence electrons. The highest BCUT2D eigenvalue weighted by molar-refractivity contribution is 14.1. The maximum absolute atomic E-state index is 12.8. The molecular formula is C16H18BrIO2. The first-order chi connectivity index (χ1) is 9.60. The lowest BCUT2D eigenvalue weighted by atomic mass is 9.81. The summed E-state index contributed by atoms with van der Waals surface area (Å²) >= 11 is 5.78. The van der Waals surface area contributed by atoms with Crippen LogP contribution in [0.1, 0.15) is 48.9 Å². The second-order valence-corrected chi connectivity index (χ2v) is 8.02. The summed E-state index contributed by atoms with van der Waals surface area (Å²) in [6, 6.07) is 5.98. The SMILES string of the molecule is O=C(c1cc(I)ccc1Br)C1CCOC2(CCCC2)C1. The summed E-state index contributed by atoms with van der Waals surface area (Å²) in [4.78, 5) is 12.8. The molecule has 1 spiro atoms. The molecule has 0 radical (unpaired) electrons. The van der Waals surface area contributed by atoms with E-state index in [0.717, 1.165) is 45.9 Å². The first-order valence-corrected chi connectivity index (χ1v) is 9.10. The molecule has 1 aliphatic carbocycles. The molecule has 2 fully saturated rings. The van der Waals surface area contributed by atoms with Crippen LogP contribution in [0.5, 0.6) is 0 Å². The van der Waals surface area contributed by atoms with Crippen molar-refractivity contribution >= 4 is 44.3 Å². The summed E-state index contributed by atoms with van der Waals surface area (Å²) in [6.07, 6.45) is 6.51. The van der Waals surface area contributed by atoms with Gasteiger partial charge in [0.15, 0.2) is 5.78 Å². The third-order valence-electron chi connectivity index (χ3n) is 4.57. The second-order valence-electron chi connectivity index (χ2n) is 5.92. The van der Waals surface area contributed by atoms with Crippen LogP contribution in [0, 0.1) is 9.49 Å². The zero-order valence-corrected chi connectivity index (χ0v) is 15.1. The van der Waals surface area contributed by atoms with Gasteiger partial charge in [-0.3, -0.25) is 4.79 Å². The number of hydrogen-bond donors (Lipinski definition) is 0. The van der Waals surface area contributed by atoms with Crippen molar-refractivity contribution in [2.45, 2.75) is 44.1 Å². The van der Waals surface area contributed by atoms with Gasteiger partial charge in [0.05, 0.1) is 5.60 Å². The molecular weight excluding hydrogens is 431 g/mol. The van der Waals surface area contributed by atoms with E-state index in [9.17, 15) is 4.79 Å². The van der Waals surface area contributed by atoms with Gasteiger partial charge in [0, 0.05) is 26.1 Å². The Balaban J connectivity index is 1.81. The van der Waals surface area contributed by atoms with Crippen LogP contribution in [0.2, 0.25) is 0 Å². The zero-order chi connectivity index (χ0) is 14.2. The minimum absolute atomic E-state index is 0.00693. The summed E-state index contributed by atoms with van der Waals surface area (Å²) in [6.45, 7) is 0.734. The summed E-state index contributed by atoms with van der Waals surface area (Å²) in [5, 5.41) is 0. The Labute approximate surface area is 141 Å². The third-order valence-corrected chi connectivity index (χ3v) is 5.93. The van der Waals surface area contributed by atoms with E-state index in [1.807, 2.05) is 18.2 Å². The number of carbonyl (C=O) groups excluding carboxylic acids is 1. The van der Waals surface area contributed by atoms with Crippen LogP contribution in [0.15, 0.2) is 22.7 Å². The van der Waals surface area contributed by atoms with E-state index in [4.69, 9.17) is 4.74 Å². The largest absolute Gasteiger partial charge is 0.375 e. The quantitative estimate of drug-likeness (QED) is 0.471. The minimum atomic E-state index is 0.00693. The number of halogens is 2. The lowest BCUT2D eigenvalue weighted by molar-refractivity contribution is -0.0866. The summed E-state index contributed by atoms with van der Waals surface area (Å²) in [5.41, 5.74) is 0.837. The molecule has 1 aromatic carbocycles. The molecule has 2 aliphatic rings. The topological polar surface area (TPSA) is 26.3 Å². The van der Waals surface area contributed by atoms with Gasteiger partial charge in [-0.25, -0.2) is 0 Å². The van der Waals surface area contributed by atoms with Gasteiger partial charge in [-0.2, -0.15) is 0 Å². The van der Waals surface area contributed by atoms with Crippen molar-refractivity contribution in [3.05, 3.63) is 31.8 Å². The lowest BCUT2D eigenvalue weighted by Gasteiger charge is -2.37. The summed E-state index contributed by atoms with van der Waals surface area (Å²) in [7, 11) is 0. The molecule has 0 N–H and O–H groups in total. The average molecular weight is 449 g/mol. The number of hydrogen-bond acceptors (Lipinski definition) is 2. The van der Waals surface area contributed by atoms with E-state index in [1.165, 1.54) is 12.8 Å². The van der Waals surface area contributed by atoms with Crippen LogP contribution in [0.3, 0.4) is 0 Å². The number of ketones is 1. The zero-order valence-electron chi connectivity index (χ0n) is 11.3. The molecule has 0 amide bonds. The molecule has 1 heterocycles. The fraction of sp³-hybridized carbons (Fsp3) is 0.562. The van der Waals surface area contributed by atoms with Gasteiger partial charge in [0.25, 0.3) is 0 Å². The van der Waals surface area contributed by atoms with Gasteiger partial charge in [-0.15, -0.1) is 0 Å². The fourth-order valence-electron chi connectivity index (χ4n) is 3.53. The smallest absolute Gasteiger partial charge is 0.167 e. The van der Waals surface area contributed by atoms with Crippen molar-refractivity contribution in [3.63, 3.8) is 0 Å². The van der Waals surface area contributed by atoms with Gasteiger partial charge in [-0.1, -0.05) is 28.8 Å². The van der Waals surface area contributed by atoms with Crippen LogP contribution < -0.4 is 0 Å². The van der Waals surface area contributed by atoms with E-state index in [-0.39, 0.29) is 17.3 Å². The molecule has 1 aliphatic heterocycles.